The quantitative estimate of drug-likeness (QED) is 0.245. The van der Waals surface area contributed by atoms with Crippen molar-refractivity contribution in [1.29, 1.82) is 0 Å². The van der Waals surface area contributed by atoms with Crippen LogP contribution in [-0.4, -0.2) is 34.0 Å². The molecule has 4 nitrogen and oxygen atoms in total. The summed E-state index contributed by atoms with van der Waals surface area (Å²) in [5.74, 6) is -1.26. The molecular formula is C32H36F4N2O2S. The first-order chi connectivity index (χ1) is 19.0. The van der Waals surface area contributed by atoms with Gasteiger partial charge in [0.2, 0.25) is 5.91 Å². The van der Waals surface area contributed by atoms with Crippen molar-refractivity contribution in [1.82, 2.24) is 9.88 Å². The van der Waals surface area contributed by atoms with Crippen LogP contribution in [0.5, 0.6) is 5.75 Å². The van der Waals surface area contributed by atoms with Crippen molar-refractivity contribution in [2.45, 2.75) is 77.3 Å². The van der Waals surface area contributed by atoms with E-state index in [0.29, 0.717) is 37.7 Å². The number of thiazole rings is 1. The number of halogens is 4. The molecular weight excluding hydrogens is 552 g/mol. The van der Waals surface area contributed by atoms with Crippen molar-refractivity contribution in [3.63, 3.8) is 0 Å². The van der Waals surface area contributed by atoms with E-state index in [1.807, 2.05) is 17.5 Å². The van der Waals surface area contributed by atoms with Gasteiger partial charge >= 0.3 is 6.18 Å². The summed E-state index contributed by atoms with van der Waals surface area (Å²) < 4.78 is 53.2. The SMILES string of the molecule is CC(C)(C)c1cc(-c2csc(C3CCN(C(=O)C=Cc4cccc(C(F)(F)F)c4F)CC3)n2)cc(C(C)(C)C)c1O. The van der Waals surface area contributed by atoms with Crippen LogP contribution in [0.15, 0.2) is 41.8 Å². The molecule has 0 spiro atoms. The molecule has 1 N–H and O–H groups in total. The Kier molecular flexibility index (Phi) is 8.42. The Balaban J connectivity index is 1.46. The summed E-state index contributed by atoms with van der Waals surface area (Å²) >= 11 is 1.58. The molecule has 3 aromatic rings. The summed E-state index contributed by atoms with van der Waals surface area (Å²) in [6.07, 6.45) is -1.19. The number of benzene rings is 2. The largest absolute Gasteiger partial charge is 0.507 e. The third kappa shape index (κ3) is 6.83. The molecule has 2 aromatic carbocycles. The van der Waals surface area contributed by atoms with Gasteiger partial charge in [-0.25, -0.2) is 9.37 Å². The number of hydrogen-bond donors (Lipinski definition) is 1. The van der Waals surface area contributed by atoms with Gasteiger partial charge in [0.1, 0.15) is 11.6 Å². The van der Waals surface area contributed by atoms with Crippen LogP contribution in [0.25, 0.3) is 17.3 Å². The molecule has 1 aromatic heterocycles. The van der Waals surface area contributed by atoms with Crippen LogP contribution in [0.4, 0.5) is 17.6 Å². The van der Waals surface area contributed by atoms with Crippen molar-refractivity contribution < 1.29 is 27.5 Å². The van der Waals surface area contributed by atoms with E-state index >= 15 is 0 Å². The second-order valence-electron chi connectivity index (χ2n) is 12.6. The summed E-state index contributed by atoms with van der Waals surface area (Å²) in [6, 6.07) is 7.05. The van der Waals surface area contributed by atoms with E-state index in [1.54, 1.807) is 16.2 Å². The number of piperidine rings is 1. The van der Waals surface area contributed by atoms with Crippen LogP contribution in [0, 0.1) is 5.82 Å². The van der Waals surface area contributed by atoms with Crippen LogP contribution in [0.3, 0.4) is 0 Å². The van der Waals surface area contributed by atoms with E-state index in [0.717, 1.165) is 45.6 Å². The number of hydrogen-bond acceptors (Lipinski definition) is 4. The number of nitrogens with zero attached hydrogens (tertiary/aromatic N) is 2. The van der Waals surface area contributed by atoms with E-state index in [-0.39, 0.29) is 28.2 Å². The fraction of sp³-hybridized carbons (Fsp3) is 0.438. The van der Waals surface area contributed by atoms with Crippen molar-refractivity contribution in [3.8, 4) is 17.0 Å². The van der Waals surface area contributed by atoms with Crippen molar-refractivity contribution >= 4 is 23.3 Å². The second-order valence-corrected chi connectivity index (χ2v) is 13.5. The van der Waals surface area contributed by atoms with Crippen molar-refractivity contribution in [2.75, 3.05) is 13.1 Å². The predicted molar refractivity (Wildman–Crippen MR) is 156 cm³/mol. The lowest BCUT2D eigenvalue weighted by molar-refractivity contribution is -0.140. The smallest absolute Gasteiger partial charge is 0.419 e. The minimum atomic E-state index is -4.80. The first-order valence-electron chi connectivity index (χ1n) is 13.6. The molecule has 2 heterocycles. The first-order valence-corrected chi connectivity index (χ1v) is 14.5. The highest BCUT2D eigenvalue weighted by molar-refractivity contribution is 7.10. The highest BCUT2D eigenvalue weighted by Crippen LogP contribution is 2.43. The summed E-state index contributed by atoms with van der Waals surface area (Å²) in [7, 11) is 0. The predicted octanol–water partition coefficient (Wildman–Crippen LogP) is 8.69. The minimum Gasteiger partial charge on any atom is -0.507 e. The van der Waals surface area contributed by atoms with Gasteiger partial charge in [-0.15, -0.1) is 11.3 Å². The maximum Gasteiger partial charge on any atom is 0.419 e. The van der Waals surface area contributed by atoms with Crippen molar-refractivity contribution in [2.24, 2.45) is 0 Å². The summed E-state index contributed by atoms with van der Waals surface area (Å²) in [6.45, 7) is 13.4. The monoisotopic (exact) mass is 588 g/mol. The number of rotatable bonds is 4. The van der Waals surface area contributed by atoms with Gasteiger partial charge in [-0.2, -0.15) is 13.2 Å². The summed E-state index contributed by atoms with van der Waals surface area (Å²) in [4.78, 5) is 19.3. The zero-order chi connectivity index (χ0) is 30.3. The van der Waals surface area contributed by atoms with E-state index < -0.39 is 17.6 Å². The number of phenols is 1. The number of amides is 1. The minimum absolute atomic E-state index is 0.170. The van der Waals surface area contributed by atoms with Gasteiger partial charge in [-0.1, -0.05) is 53.7 Å². The topological polar surface area (TPSA) is 53.4 Å². The number of carbonyl (C=O) groups excluding carboxylic acids is 1. The molecule has 1 aliphatic rings. The molecule has 41 heavy (non-hydrogen) atoms. The molecule has 0 bridgehead atoms. The van der Waals surface area contributed by atoms with Gasteiger partial charge in [-0.05, 0) is 47.9 Å². The molecule has 1 amide bonds. The fourth-order valence-corrected chi connectivity index (χ4v) is 6.04. The van der Waals surface area contributed by atoms with Gasteiger partial charge in [0.25, 0.3) is 0 Å². The number of aromatic nitrogens is 1. The normalized spacial score (nSPS) is 15.6. The Labute approximate surface area is 242 Å². The Bertz CT molecular complexity index is 1420. The summed E-state index contributed by atoms with van der Waals surface area (Å²) in [5.41, 5.74) is 1.42. The molecule has 0 atom stereocenters. The summed E-state index contributed by atoms with van der Waals surface area (Å²) in [5, 5.41) is 14.1. The standard InChI is InChI=1S/C32H36F4N2O2S/c1-30(2,3)23-16-21(17-24(28(23)40)31(4,5)6)25-18-41-29(37-25)20-12-14-38(15-13-20)26(39)11-10-19-8-7-9-22(27(19)33)32(34,35)36/h7-11,16-18,20,40H,12-15H2,1-6H3. The number of carbonyl (C=O) groups is 1. The molecule has 1 aliphatic heterocycles. The molecule has 0 unspecified atom stereocenters. The lowest BCUT2D eigenvalue weighted by Crippen LogP contribution is -2.36. The third-order valence-corrected chi connectivity index (χ3v) is 8.45. The number of aromatic hydroxyl groups is 1. The third-order valence-electron chi connectivity index (χ3n) is 7.44. The first kappa shape index (κ1) is 30.8. The maximum atomic E-state index is 14.3. The molecule has 0 radical (unpaired) electrons. The highest BCUT2D eigenvalue weighted by Gasteiger charge is 2.34. The molecule has 1 fully saturated rings. The number of phenolic OH excluding ortho intramolecular Hbond substituents is 1. The van der Waals surface area contributed by atoms with E-state index in [2.05, 4.69) is 41.5 Å². The maximum absolute atomic E-state index is 14.3. The second kappa shape index (κ2) is 11.2. The molecule has 9 heteroatoms. The van der Waals surface area contributed by atoms with Crippen LogP contribution in [-0.2, 0) is 21.8 Å². The fourth-order valence-electron chi connectivity index (χ4n) is 5.04. The van der Waals surface area contributed by atoms with Crippen LogP contribution in [0.1, 0.15) is 87.6 Å². The molecule has 220 valence electrons. The van der Waals surface area contributed by atoms with Crippen LogP contribution >= 0.6 is 11.3 Å². The van der Waals surface area contributed by atoms with Crippen LogP contribution in [0.2, 0.25) is 0 Å². The van der Waals surface area contributed by atoms with Gasteiger partial charge in [-0.3, -0.25) is 4.79 Å². The Morgan fingerprint density at radius 1 is 1.00 bits per heavy atom. The van der Waals surface area contributed by atoms with Crippen LogP contribution < -0.4 is 0 Å². The van der Waals surface area contributed by atoms with E-state index in [1.165, 1.54) is 6.07 Å². The number of alkyl halides is 3. The van der Waals surface area contributed by atoms with Crippen molar-refractivity contribution in [3.05, 3.63) is 74.9 Å². The van der Waals surface area contributed by atoms with Gasteiger partial charge in [0.15, 0.2) is 0 Å². The lowest BCUT2D eigenvalue weighted by atomic mass is 9.78. The molecule has 1 saturated heterocycles. The number of likely N-dealkylation sites (tertiary alicyclic amines) is 1. The van der Waals surface area contributed by atoms with Gasteiger partial charge < -0.3 is 10.0 Å². The highest BCUT2D eigenvalue weighted by atomic mass is 32.1. The average Bonchev–Trinajstić information content (AvgIpc) is 3.36. The Morgan fingerprint density at radius 2 is 1.59 bits per heavy atom. The van der Waals surface area contributed by atoms with Gasteiger partial charge in [0.05, 0.1) is 16.3 Å². The van der Waals surface area contributed by atoms with E-state index in [9.17, 15) is 27.5 Å². The Morgan fingerprint density at radius 3 is 2.12 bits per heavy atom. The molecule has 4 rings (SSSR count). The molecule has 0 saturated carbocycles. The average molecular weight is 589 g/mol. The Hall–Kier alpha value is -3.20. The molecule has 0 aliphatic carbocycles. The van der Waals surface area contributed by atoms with Gasteiger partial charge in [0, 0.05) is 52.7 Å². The lowest BCUT2D eigenvalue weighted by Gasteiger charge is -2.30. The zero-order valence-electron chi connectivity index (χ0n) is 24.2. The zero-order valence-corrected chi connectivity index (χ0v) is 25.0. The van der Waals surface area contributed by atoms with E-state index in [4.69, 9.17) is 4.98 Å².